The van der Waals surface area contributed by atoms with E-state index in [4.69, 9.17) is 10.7 Å². The van der Waals surface area contributed by atoms with Gasteiger partial charge in [-0.05, 0) is 46.9 Å². The number of nitrogens with zero attached hydrogens (tertiary/aromatic N) is 2. The summed E-state index contributed by atoms with van der Waals surface area (Å²) in [6, 6.07) is 23.1. The van der Waals surface area contributed by atoms with Crippen LogP contribution in [0.15, 0.2) is 79.0 Å². The molecule has 0 radical (unpaired) electrons. The molecule has 0 spiro atoms. The molecule has 0 fully saturated rings. The second kappa shape index (κ2) is 10.7. The predicted octanol–water partition coefficient (Wildman–Crippen LogP) is 4.70. The minimum absolute atomic E-state index is 0.00180. The van der Waals surface area contributed by atoms with Crippen LogP contribution < -0.4 is 11.1 Å². The quantitative estimate of drug-likeness (QED) is 0.344. The number of amides is 2. The van der Waals surface area contributed by atoms with Gasteiger partial charge in [-0.1, -0.05) is 54.6 Å². The fourth-order valence-electron chi connectivity index (χ4n) is 4.73. The molecule has 0 bridgehead atoms. The van der Waals surface area contributed by atoms with Crippen molar-refractivity contribution >= 4 is 17.7 Å². The Kier molecular flexibility index (Phi) is 7.00. The number of imidazole rings is 1. The van der Waals surface area contributed by atoms with Crippen LogP contribution in [0.5, 0.6) is 0 Å². The zero-order chi connectivity index (χ0) is 25.8. The Hall–Kier alpha value is -4.43. The summed E-state index contributed by atoms with van der Waals surface area (Å²) >= 11 is 0. The van der Waals surface area contributed by atoms with Crippen LogP contribution in [0.4, 0.5) is 10.5 Å². The van der Waals surface area contributed by atoms with Gasteiger partial charge in [0.25, 0.3) is 5.91 Å². The van der Waals surface area contributed by atoms with E-state index < -0.39 is 6.09 Å². The highest BCUT2D eigenvalue weighted by Crippen LogP contribution is 2.31. The summed E-state index contributed by atoms with van der Waals surface area (Å²) in [6.07, 6.45) is 2.67. The number of anilines is 1. The van der Waals surface area contributed by atoms with Gasteiger partial charge >= 0.3 is 6.09 Å². The number of H-pyrrole nitrogens is 1. The first-order valence-electron chi connectivity index (χ1n) is 12.2. The SMILES string of the molecule is COC(=O)Nc1ccc(-c2cnc([C@H](Cc3ccccc3)N3CCc4cc(CN)ccc4C3=O)[nH]2)cc1. The van der Waals surface area contributed by atoms with Gasteiger partial charge in [0.15, 0.2) is 0 Å². The molecule has 0 unspecified atom stereocenters. The Morgan fingerprint density at radius 2 is 1.89 bits per heavy atom. The monoisotopic (exact) mass is 495 g/mol. The number of hydrogen-bond acceptors (Lipinski definition) is 5. The van der Waals surface area contributed by atoms with Crippen LogP contribution in [0, 0.1) is 0 Å². The molecule has 0 aliphatic carbocycles. The summed E-state index contributed by atoms with van der Waals surface area (Å²) in [4.78, 5) is 35.2. The maximum absolute atomic E-state index is 13.7. The Morgan fingerprint density at radius 3 is 2.62 bits per heavy atom. The molecule has 8 nitrogen and oxygen atoms in total. The van der Waals surface area contributed by atoms with Crippen LogP contribution in [0.25, 0.3) is 11.3 Å². The molecule has 2 amide bonds. The number of carbonyl (C=O) groups is 2. The van der Waals surface area contributed by atoms with Crippen molar-refractivity contribution in [2.45, 2.75) is 25.4 Å². The molecular weight excluding hydrogens is 466 g/mol. The molecule has 4 N–H and O–H groups in total. The summed E-state index contributed by atoms with van der Waals surface area (Å²) < 4.78 is 4.64. The van der Waals surface area contributed by atoms with Crippen molar-refractivity contribution in [3.63, 3.8) is 0 Å². The topological polar surface area (TPSA) is 113 Å². The lowest BCUT2D eigenvalue weighted by atomic mass is 9.94. The van der Waals surface area contributed by atoms with Gasteiger partial charge in [0.2, 0.25) is 0 Å². The maximum Gasteiger partial charge on any atom is 0.411 e. The first kappa shape index (κ1) is 24.3. The van der Waals surface area contributed by atoms with Gasteiger partial charge in [-0.15, -0.1) is 0 Å². The number of benzene rings is 3. The molecule has 0 saturated carbocycles. The summed E-state index contributed by atoms with van der Waals surface area (Å²) in [6.45, 7) is 1.05. The van der Waals surface area contributed by atoms with Crippen molar-refractivity contribution in [3.05, 3.63) is 107 Å². The van der Waals surface area contributed by atoms with Crippen molar-refractivity contribution in [2.75, 3.05) is 19.0 Å². The lowest BCUT2D eigenvalue weighted by Gasteiger charge is -2.35. The van der Waals surface area contributed by atoms with E-state index >= 15 is 0 Å². The molecule has 5 rings (SSSR count). The van der Waals surface area contributed by atoms with E-state index in [1.807, 2.05) is 53.4 Å². The van der Waals surface area contributed by atoms with Gasteiger partial charge < -0.3 is 20.4 Å². The van der Waals surface area contributed by atoms with Crippen LogP contribution in [-0.4, -0.2) is 40.5 Å². The third-order valence-corrected chi connectivity index (χ3v) is 6.71. The molecule has 1 aromatic heterocycles. The van der Waals surface area contributed by atoms with E-state index in [0.717, 1.165) is 45.8 Å². The third kappa shape index (κ3) is 5.24. The van der Waals surface area contributed by atoms with Gasteiger partial charge in [0.05, 0.1) is 25.0 Å². The first-order valence-corrected chi connectivity index (χ1v) is 12.2. The normalized spacial score (nSPS) is 13.7. The van der Waals surface area contributed by atoms with E-state index in [1.165, 1.54) is 7.11 Å². The Bertz CT molecular complexity index is 1400. The largest absolute Gasteiger partial charge is 0.453 e. The smallest absolute Gasteiger partial charge is 0.411 e. The molecule has 1 atom stereocenters. The molecule has 1 aliphatic rings. The van der Waals surface area contributed by atoms with Crippen molar-refractivity contribution in [1.29, 1.82) is 0 Å². The highest BCUT2D eigenvalue weighted by atomic mass is 16.5. The van der Waals surface area contributed by atoms with E-state index in [2.05, 4.69) is 27.2 Å². The zero-order valence-corrected chi connectivity index (χ0v) is 20.6. The lowest BCUT2D eigenvalue weighted by molar-refractivity contribution is 0.0648. The fourth-order valence-corrected chi connectivity index (χ4v) is 4.73. The van der Waals surface area contributed by atoms with Gasteiger partial charge in [-0.25, -0.2) is 9.78 Å². The molecule has 1 aliphatic heterocycles. The standard InChI is InChI=1S/C29H29N5O3/c1-37-29(36)32-23-10-8-21(9-11-23)25-18-31-27(33-25)26(16-19-5-3-2-4-6-19)34-14-13-22-15-20(17-30)7-12-24(22)28(34)35/h2-12,15,18,26H,13-14,16-17,30H2,1H3,(H,31,33)(H,32,36)/t26-/m0/s1. The van der Waals surface area contributed by atoms with Crippen LogP contribution in [-0.2, 0) is 24.1 Å². The minimum Gasteiger partial charge on any atom is -0.453 e. The van der Waals surface area contributed by atoms with E-state index in [0.29, 0.717) is 25.2 Å². The fraction of sp³-hybridized carbons (Fsp3) is 0.207. The maximum atomic E-state index is 13.7. The average molecular weight is 496 g/mol. The van der Waals surface area contributed by atoms with Gasteiger partial charge in [0, 0.05) is 30.8 Å². The van der Waals surface area contributed by atoms with Gasteiger partial charge in [-0.3, -0.25) is 10.1 Å². The van der Waals surface area contributed by atoms with E-state index in [1.54, 1.807) is 18.3 Å². The molecular formula is C29H29N5O3. The van der Waals surface area contributed by atoms with Crippen molar-refractivity contribution in [1.82, 2.24) is 14.9 Å². The predicted molar refractivity (Wildman–Crippen MR) is 142 cm³/mol. The molecule has 37 heavy (non-hydrogen) atoms. The summed E-state index contributed by atoms with van der Waals surface area (Å²) in [5.41, 5.74) is 12.1. The molecule has 8 heteroatoms. The number of aromatic amines is 1. The Labute approximate surface area is 215 Å². The van der Waals surface area contributed by atoms with Crippen LogP contribution >= 0.6 is 0 Å². The molecule has 3 aromatic carbocycles. The number of ether oxygens (including phenoxy) is 1. The summed E-state index contributed by atoms with van der Waals surface area (Å²) in [5, 5.41) is 2.65. The lowest BCUT2D eigenvalue weighted by Crippen LogP contribution is -2.41. The van der Waals surface area contributed by atoms with E-state index in [-0.39, 0.29) is 11.9 Å². The van der Waals surface area contributed by atoms with Crippen molar-refractivity contribution in [2.24, 2.45) is 5.73 Å². The van der Waals surface area contributed by atoms with Crippen molar-refractivity contribution < 1.29 is 14.3 Å². The number of methoxy groups -OCH3 is 1. The van der Waals surface area contributed by atoms with E-state index in [9.17, 15) is 9.59 Å². The summed E-state index contributed by atoms with van der Waals surface area (Å²) in [7, 11) is 1.32. The highest BCUT2D eigenvalue weighted by Gasteiger charge is 2.32. The molecule has 4 aromatic rings. The third-order valence-electron chi connectivity index (χ3n) is 6.71. The second-order valence-electron chi connectivity index (χ2n) is 9.03. The molecule has 188 valence electrons. The number of fused-ring (bicyclic) bond motifs is 1. The summed E-state index contributed by atoms with van der Waals surface area (Å²) in [5.74, 6) is 0.730. The Morgan fingerprint density at radius 1 is 1.11 bits per heavy atom. The van der Waals surface area contributed by atoms with Crippen molar-refractivity contribution in [3.8, 4) is 11.3 Å². The van der Waals surface area contributed by atoms with Gasteiger partial charge in [0.1, 0.15) is 5.82 Å². The molecule has 2 heterocycles. The first-order chi connectivity index (χ1) is 18.1. The number of hydrogen-bond donors (Lipinski definition) is 3. The number of nitrogens with one attached hydrogen (secondary N) is 2. The second-order valence-corrected chi connectivity index (χ2v) is 9.03. The van der Waals surface area contributed by atoms with Crippen LogP contribution in [0.3, 0.4) is 0 Å². The number of nitrogens with two attached hydrogens (primary N) is 1. The zero-order valence-electron chi connectivity index (χ0n) is 20.6. The number of aromatic nitrogens is 2. The average Bonchev–Trinajstić information content (AvgIpc) is 3.43. The number of carbonyl (C=O) groups excluding carboxylic acids is 2. The van der Waals surface area contributed by atoms with Crippen LogP contribution in [0.2, 0.25) is 0 Å². The highest BCUT2D eigenvalue weighted by molar-refractivity contribution is 5.97. The van der Waals surface area contributed by atoms with Gasteiger partial charge in [-0.2, -0.15) is 0 Å². The Balaban J connectivity index is 1.44. The minimum atomic E-state index is -0.521. The number of rotatable bonds is 7. The van der Waals surface area contributed by atoms with Crippen LogP contribution in [0.1, 0.15) is 38.9 Å². The molecule has 0 saturated heterocycles.